The van der Waals surface area contributed by atoms with E-state index in [0.29, 0.717) is 5.92 Å². The average molecular weight is 384 g/mol. The molecule has 3 aromatic rings. The van der Waals surface area contributed by atoms with Crippen LogP contribution in [0.25, 0.3) is 0 Å². The van der Waals surface area contributed by atoms with Crippen LogP contribution in [0, 0.1) is 5.92 Å². The van der Waals surface area contributed by atoms with Crippen molar-refractivity contribution in [2.24, 2.45) is 5.92 Å². The van der Waals surface area contributed by atoms with E-state index in [1.54, 1.807) is 0 Å². The first-order valence-corrected chi connectivity index (χ1v) is 10.7. The molecule has 148 valence electrons. The van der Waals surface area contributed by atoms with E-state index in [0.717, 1.165) is 56.3 Å². The number of nitrogens with zero attached hydrogens (tertiary/aromatic N) is 1. The maximum atomic E-state index is 13.2. The molecule has 1 heterocycles. The summed E-state index contributed by atoms with van der Waals surface area (Å²) in [5, 5.41) is 0. The summed E-state index contributed by atoms with van der Waals surface area (Å²) in [6.07, 6.45) is 5.16. The van der Waals surface area contributed by atoms with Gasteiger partial charge in [0.05, 0.1) is 0 Å². The van der Waals surface area contributed by atoms with Crippen molar-refractivity contribution in [1.82, 2.24) is 4.90 Å². The molecular formula is C27H29NO. The van der Waals surface area contributed by atoms with Crippen molar-refractivity contribution < 1.29 is 4.79 Å². The van der Waals surface area contributed by atoms with E-state index >= 15 is 0 Å². The minimum absolute atomic E-state index is 0.201. The molecule has 0 radical (unpaired) electrons. The zero-order chi connectivity index (χ0) is 19.9. The fourth-order valence-electron chi connectivity index (χ4n) is 4.33. The van der Waals surface area contributed by atoms with Crippen LogP contribution in [0.2, 0.25) is 0 Å². The van der Waals surface area contributed by atoms with E-state index in [1.807, 2.05) is 24.3 Å². The minimum Gasteiger partial charge on any atom is -0.339 e. The molecule has 0 aromatic heterocycles. The lowest BCUT2D eigenvalue weighted by molar-refractivity contribution is 0.0689. The van der Waals surface area contributed by atoms with E-state index in [2.05, 4.69) is 65.6 Å². The smallest absolute Gasteiger partial charge is 0.254 e. The van der Waals surface area contributed by atoms with Crippen molar-refractivity contribution in [3.05, 3.63) is 107 Å². The molecule has 4 rings (SSSR count). The van der Waals surface area contributed by atoms with Gasteiger partial charge in [-0.05, 0) is 60.8 Å². The Labute approximate surface area is 174 Å². The molecule has 2 nitrogen and oxygen atoms in total. The zero-order valence-electron chi connectivity index (χ0n) is 17.0. The van der Waals surface area contributed by atoms with Gasteiger partial charge in [-0.2, -0.15) is 0 Å². The van der Waals surface area contributed by atoms with E-state index in [-0.39, 0.29) is 5.91 Å². The van der Waals surface area contributed by atoms with Crippen LogP contribution in [0.4, 0.5) is 0 Å². The zero-order valence-corrected chi connectivity index (χ0v) is 17.0. The maximum absolute atomic E-state index is 13.2. The van der Waals surface area contributed by atoms with Gasteiger partial charge in [0.25, 0.3) is 5.91 Å². The summed E-state index contributed by atoms with van der Waals surface area (Å²) in [7, 11) is 0. The Hall–Kier alpha value is -2.87. The first-order chi connectivity index (χ1) is 14.3. The van der Waals surface area contributed by atoms with Crippen molar-refractivity contribution in [3.63, 3.8) is 0 Å². The largest absolute Gasteiger partial charge is 0.339 e. The van der Waals surface area contributed by atoms with Gasteiger partial charge in [0.15, 0.2) is 0 Å². The van der Waals surface area contributed by atoms with Crippen molar-refractivity contribution >= 4 is 5.91 Å². The van der Waals surface area contributed by atoms with Crippen LogP contribution in [0.5, 0.6) is 0 Å². The standard InChI is InChI=1S/C27H29NO/c29-27(28-19-17-24(18-20-28)21-23-11-5-2-6-12-23)26-14-8-7-13-25(26)16-15-22-9-3-1-4-10-22/h1-14,24H,15-21H2. The Morgan fingerprint density at radius 1 is 0.724 bits per heavy atom. The number of rotatable bonds is 6. The van der Waals surface area contributed by atoms with Crippen LogP contribution in [-0.2, 0) is 19.3 Å². The number of hydrogen-bond acceptors (Lipinski definition) is 1. The molecule has 1 saturated heterocycles. The predicted molar refractivity (Wildman–Crippen MR) is 119 cm³/mol. The Bertz CT molecular complexity index is 912. The molecule has 0 unspecified atom stereocenters. The van der Waals surface area contributed by atoms with Crippen LogP contribution in [0.15, 0.2) is 84.9 Å². The first-order valence-electron chi connectivity index (χ1n) is 10.7. The van der Waals surface area contributed by atoms with Crippen molar-refractivity contribution in [3.8, 4) is 0 Å². The number of amides is 1. The molecule has 0 aliphatic carbocycles. The lowest BCUT2D eigenvalue weighted by Gasteiger charge is -2.32. The molecule has 2 heteroatoms. The molecule has 1 aliphatic heterocycles. The number of piperidine rings is 1. The highest BCUT2D eigenvalue weighted by Crippen LogP contribution is 2.24. The molecule has 1 amide bonds. The number of benzene rings is 3. The van der Waals surface area contributed by atoms with E-state index < -0.39 is 0 Å². The molecule has 0 atom stereocenters. The lowest BCUT2D eigenvalue weighted by atomic mass is 9.89. The highest BCUT2D eigenvalue weighted by molar-refractivity contribution is 5.95. The lowest BCUT2D eigenvalue weighted by Crippen LogP contribution is -2.39. The van der Waals surface area contributed by atoms with E-state index in [4.69, 9.17) is 0 Å². The summed E-state index contributed by atoms with van der Waals surface area (Å²) in [6.45, 7) is 1.73. The molecule has 0 bridgehead atoms. The summed E-state index contributed by atoms with van der Waals surface area (Å²) in [4.78, 5) is 15.3. The van der Waals surface area contributed by atoms with E-state index in [9.17, 15) is 4.79 Å². The second-order valence-corrected chi connectivity index (χ2v) is 8.07. The van der Waals surface area contributed by atoms with E-state index in [1.165, 1.54) is 11.1 Å². The van der Waals surface area contributed by atoms with Crippen LogP contribution in [0.3, 0.4) is 0 Å². The third-order valence-electron chi connectivity index (χ3n) is 6.04. The Morgan fingerprint density at radius 3 is 2.00 bits per heavy atom. The highest BCUT2D eigenvalue weighted by atomic mass is 16.2. The number of likely N-dealkylation sites (tertiary alicyclic amines) is 1. The fourth-order valence-corrected chi connectivity index (χ4v) is 4.33. The SMILES string of the molecule is O=C(c1ccccc1CCc1ccccc1)N1CCC(Cc2ccccc2)CC1. The van der Waals surface area contributed by atoms with Crippen LogP contribution < -0.4 is 0 Å². The average Bonchev–Trinajstić information content (AvgIpc) is 2.79. The van der Waals surface area contributed by atoms with Crippen molar-refractivity contribution in [2.75, 3.05) is 13.1 Å². The monoisotopic (exact) mass is 383 g/mol. The third kappa shape index (κ3) is 5.14. The van der Waals surface area contributed by atoms with Gasteiger partial charge in [-0.25, -0.2) is 0 Å². The van der Waals surface area contributed by atoms with Gasteiger partial charge in [0, 0.05) is 18.7 Å². The fraction of sp³-hybridized carbons (Fsp3) is 0.296. The number of carbonyl (C=O) groups excluding carboxylic acids is 1. The Balaban J connectivity index is 1.36. The molecule has 3 aromatic carbocycles. The predicted octanol–water partition coefficient (Wildman–Crippen LogP) is 5.57. The molecule has 0 spiro atoms. The minimum atomic E-state index is 0.201. The summed E-state index contributed by atoms with van der Waals surface area (Å²) in [5.74, 6) is 0.876. The molecule has 1 aliphatic rings. The molecular weight excluding hydrogens is 354 g/mol. The van der Waals surface area contributed by atoms with Gasteiger partial charge in [-0.3, -0.25) is 4.79 Å². The maximum Gasteiger partial charge on any atom is 0.254 e. The molecule has 0 saturated carbocycles. The van der Waals surface area contributed by atoms with Crippen molar-refractivity contribution in [2.45, 2.75) is 32.1 Å². The summed E-state index contributed by atoms with van der Waals surface area (Å²) in [5.41, 5.74) is 4.76. The van der Waals surface area contributed by atoms with Crippen LogP contribution in [-0.4, -0.2) is 23.9 Å². The van der Waals surface area contributed by atoms with Gasteiger partial charge in [0.2, 0.25) is 0 Å². The van der Waals surface area contributed by atoms with Gasteiger partial charge in [-0.1, -0.05) is 78.9 Å². The number of aryl methyl sites for hydroxylation is 2. The Kier molecular flexibility index (Phi) is 6.41. The highest BCUT2D eigenvalue weighted by Gasteiger charge is 2.25. The van der Waals surface area contributed by atoms with Crippen LogP contribution in [0.1, 0.15) is 39.9 Å². The summed E-state index contributed by atoms with van der Waals surface area (Å²) >= 11 is 0. The normalized spacial score (nSPS) is 14.7. The van der Waals surface area contributed by atoms with Gasteiger partial charge in [-0.15, -0.1) is 0 Å². The quantitative estimate of drug-likeness (QED) is 0.545. The molecule has 0 N–H and O–H groups in total. The topological polar surface area (TPSA) is 20.3 Å². The number of hydrogen-bond donors (Lipinski definition) is 0. The number of carbonyl (C=O) groups is 1. The van der Waals surface area contributed by atoms with Gasteiger partial charge >= 0.3 is 0 Å². The molecule has 29 heavy (non-hydrogen) atoms. The van der Waals surface area contributed by atoms with Crippen LogP contribution >= 0.6 is 0 Å². The van der Waals surface area contributed by atoms with Gasteiger partial charge in [0.1, 0.15) is 0 Å². The Morgan fingerprint density at radius 2 is 1.31 bits per heavy atom. The first kappa shape index (κ1) is 19.4. The third-order valence-corrected chi connectivity index (χ3v) is 6.04. The van der Waals surface area contributed by atoms with Crippen molar-refractivity contribution in [1.29, 1.82) is 0 Å². The summed E-state index contributed by atoms with van der Waals surface area (Å²) in [6, 6.07) is 29.4. The van der Waals surface area contributed by atoms with Gasteiger partial charge < -0.3 is 4.90 Å². The molecule has 1 fully saturated rings. The summed E-state index contributed by atoms with van der Waals surface area (Å²) < 4.78 is 0. The second kappa shape index (κ2) is 9.56. The second-order valence-electron chi connectivity index (χ2n) is 8.07.